The number of likely N-dealkylation sites (tertiary alicyclic amines) is 1. The number of nitrogens with one attached hydrogen (secondary N) is 2. The van der Waals surface area contributed by atoms with E-state index < -0.39 is 0 Å². The lowest BCUT2D eigenvalue weighted by molar-refractivity contribution is 0.213. The topological polar surface area (TPSA) is 73.0 Å². The highest BCUT2D eigenvalue weighted by molar-refractivity contribution is 5.79. The molecule has 0 saturated carbocycles. The molecule has 0 aliphatic carbocycles. The first kappa shape index (κ1) is 22.8. The molecule has 28 heavy (non-hydrogen) atoms. The van der Waals surface area contributed by atoms with Crippen molar-refractivity contribution in [2.75, 3.05) is 39.3 Å². The predicted octanol–water partition coefficient (Wildman–Crippen LogP) is 3.32. The molecule has 1 aromatic rings. The molecule has 0 spiro atoms. The molecule has 6 heteroatoms. The second-order valence-corrected chi connectivity index (χ2v) is 8.32. The second kappa shape index (κ2) is 12.1. The van der Waals surface area contributed by atoms with Crippen LogP contribution in [0.3, 0.4) is 0 Å². The van der Waals surface area contributed by atoms with E-state index in [4.69, 9.17) is 9.41 Å². The minimum atomic E-state index is 0.226. The van der Waals surface area contributed by atoms with Gasteiger partial charge in [-0.3, -0.25) is 9.89 Å². The van der Waals surface area contributed by atoms with E-state index in [1.54, 1.807) is 0 Å². The Bertz CT molecular complexity index is 579. The molecular formula is C22H40N4O2. The van der Waals surface area contributed by atoms with Crippen molar-refractivity contribution in [3.05, 3.63) is 23.7 Å². The van der Waals surface area contributed by atoms with Crippen molar-refractivity contribution < 1.29 is 9.52 Å². The minimum Gasteiger partial charge on any atom is -0.465 e. The third kappa shape index (κ3) is 7.47. The molecule has 0 aromatic carbocycles. The number of nitrogens with zero attached hydrogens (tertiary/aromatic N) is 2. The Labute approximate surface area is 170 Å². The molecular weight excluding hydrogens is 352 g/mol. The fourth-order valence-electron chi connectivity index (χ4n) is 3.98. The molecule has 1 saturated heterocycles. The van der Waals surface area contributed by atoms with Crippen molar-refractivity contribution in [2.24, 2.45) is 16.8 Å². The highest BCUT2D eigenvalue weighted by Crippen LogP contribution is 2.26. The number of aliphatic imine (C=N–C) groups is 1. The van der Waals surface area contributed by atoms with Gasteiger partial charge in [-0.2, -0.15) is 0 Å². The average Bonchev–Trinajstić information content (AvgIpc) is 3.32. The molecule has 2 rings (SSSR count). The highest BCUT2D eigenvalue weighted by Gasteiger charge is 2.26. The van der Waals surface area contributed by atoms with Gasteiger partial charge in [-0.05, 0) is 76.6 Å². The number of furan rings is 1. The van der Waals surface area contributed by atoms with Gasteiger partial charge in [-0.25, -0.2) is 0 Å². The van der Waals surface area contributed by atoms with E-state index in [0.717, 1.165) is 63.0 Å². The van der Waals surface area contributed by atoms with Crippen LogP contribution in [0.2, 0.25) is 0 Å². The van der Waals surface area contributed by atoms with Crippen molar-refractivity contribution >= 4 is 5.96 Å². The van der Waals surface area contributed by atoms with Gasteiger partial charge in [-0.15, -0.1) is 0 Å². The molecule has 1 aromatic heterocycles. The number of aryl methyl sites for hydroxylation is 1. The summed E-state index contributed by atoms with van der Waals surface area (Å²) >= 11 is 0. The minimum absolute atomic E-state index is 0.226. The Morgan fingerprint density at radius 3 is 2.57 bits per heavy atom. The largest absolute Gasteiger partial charge is 0.465 e. The quantitative estimate of drug-likeness (QED) is 0.398. The lowest BCUT2D eigenvalue weighted by atomic mass is 9.94. The van der Waals surface area contributed by atoms with Gasteiger partial charge in [0.2, 0.25) is 0 Å². The van der Waals surface area contributed by atoms with E-state index >= 15 is 0 Å². The average molecular weight is 393 g/mol. The van der Waals surface area contributed by atoms with Crippen LogP contribution in [0, 0.1) is 18.8 Å². The second-order valence-electron chi connectivity index (χ2n) is 8.32. The molecule has 2 heterocycles. The van der Waals surface area contributed by atoms with E-state index in [1.165, 1.54) is 12.8 Å². The van der Waals surface area contributed by atoms with Gasteiger partial charge >= 0.3 is 0 Å². The van der Waals surface area contributed by atoms with Gasteiger partial charge in [0, 0.05) is 26.2 Å². The van der Waals surface area contributed by atoms with Crippen LogP contribution in [-0.4, -0.2) is 55.3 Å². The molecule has 6 nitrogen and oxygen atoms in total. The number of hydrogen-bond donors (Lipinski definition) is 3. The lowest BCUT2D eigenvalue weighted by Gasteiger charge is -2.27. The molecule has 1 aliphatic rings. The zero-order valence-corrected chi connectivity index (χ0v) is 18.2. The van der Waals surface area contributed by atoms with E-state index in [2.05, 4.69) is 42.4 Å². The van der Waals surface area contributed by atoms with Crippen LogP contribution in [0.4, 0.5) is 0 Å². The first-order valence-electron chi connectivity index (χ1n) is 11.0. The number of rotatable bonds is 11. The third-order valence-electron chi connectivity index (χ3n) is 5.33. The summed E-state index contributed by atoms with van der Waals surface area (Å²) in [4.78, 5) is 7.32. The summed E-state index contributed by atoms with van der Waals surface area (Å²) in [6, 6.07) is 4.37. The van der Waals surface area contributed by atoms with Crippen molar-refractivity contribution in [2.45, 2.75) is 59.4 Å². The smallest absolute Gasteiger partial charge is 0.191 e. The van der Waals surface area contributed by atoms with Crippen molar-refractivity contribution in [1.29, 1.82) is 0 Å². The molecule has 2 atom stereocenters. The fraction of sp³-hybridized carbons (Fsp3) is 0.773. The first-order chi connectivity index (χ1) is 13.5. The molecule has 1 fully saturated rings. The molecule has 3 N–H and O–H groups in total. The summed E-state index contributed by atoms with van der Waals surface area (Å²) in [5.74, 6) is 3.87. The summed E-state index contributed by atoms with van der Waals surface area (Å²) in [7, 11) is 0. The molecule has 1 aliphatic heterocycles. The van der Waals surface area contributed by atoms with Crippen LogP contribution in [0.1, 0.15) is 64.0 Å². The molecule has 2 unspecified atom stereocenters. The first-order valence-corrected chi connectivity index (χ1v) is 11.0. The number of aliphatic hydroxyl groups is 1. The van der Waals surface area contributed by atoms with Crippen molar-refractivity contribution in [3.63, 3.8) is 0 Å². The van der Waals surface area contributed by atoms with Gasteiger partial charge in [0.25, 0.3) is 0 Å². The standard InChI is InChI=1S/C22H40N4O2/c1-5-23-22(24-15-19(10-13-27)14-17(2)3)25-16-20(26-11-6-7-12-26)21-9-8-18(4)28-21/h8-9,17,19-20,27H,5-7,10-16H2,1-4H3,(H2,23,24,25). The van der Waals surface area contributed by atoms with Crippen LogP contribution in [0.5, 0.6) is 0 Å². The van der Waals surface area contributed by atoms with Crippen LogP contribution < -0.4 is 10.6 Å². The van der Waals surface area contributed by atoms with Gasteiger partial charge in [0.15, 0.2) is 5.96 Å². The van der Waals surface area contributed by atoms with Gasteiger partial charge in [-0.1, -0.05) is 13.8 Å². The summed E-state index contributed by atoms with van der Waals surface area (Å²) in [5, 5.41) is 16.2. The molecule has 160 valence electrons. The summed E-state index contributed by atoms with van der Waals surface area (Å²) in [6.07, 6.45) is 4.40. The maximum absolute atomic E-state index is 9.35. The summed E-state index contributed by atoms with van der Waals surface area (Å²) < 4.78 is 5.95. The van der Waals surface area contributed by atoms with E-state index in [-0.39, 0.29) is 12.6 Å². The molecule has 0 amide bonds. The van der Waals surface area contributed by atoms with E-state index in [9.17, 15) is 5.11 Å². The Balaban J connectivity index is 2.01. The number of hydrogen-bond acceptors (Lipinski definition) is 4. The van der Waals surface area contributed by atoms with Gasteiger partial charge in [0.05, 0.1) is 6.04 Å². The normalized spacial score (nSPS) is 17.9. The van der Waals surface area contributed by atoms with Crippen molar-refractivity contribution in [1.82, 2.24) is 15.5 Å². The predicted molar refractivity (Wildman–Crippen MR) is 116 cm³/mol. The SMILES string of the molecule is CCNC(=NCC(CCO)CC(C)C)NCC(c1ccc(C)o1)N1CCCC1. The summed E-state index contributed by atoms with van der Waals surface area (Å²) in [6.45, 7) is 13.3. The zero-order valence-electron chi connectivity index (χ0n) is 18.2. The highest BCUT2D eigenvalue weighted by atomic mass is 16.3. The molecule has 0 radical (unpaired) electrons. The Morgan fingerprint density at radius 2 is 2.00 bits per heavy atom. The monoisotopic (exact) mass is 392 g/mol. The Kier molecular flexibility index (Phi) is 9.85. The van der Waals surface area contributed by atoms with Crippen LogP contribution in [0.25, 0.3) is 0 Å². The maximum Gasteiger partial charge on any atom is 0.191 e. The van der Waals surface area contributed by atoms with Gasteiger partial charge < -0.3 is 20.2 Å². The Hall–Kier alpha value is -1.53. The van der Waals surface area contributed by atoms with Gasteiger partial charge in [0.1, 0.15) is 11.5 Å². The van der Waals surface area contributed by atoms with E-state index in [0.29, 0.717) is 11.8 Å². The Morgan fingerprint density at radius 1 is 1.25 bits per heavy atom. The number of guanidine groups is 1. The maximum atomic E-state index is 9.35. The molecule has 0 bridgehead atoms. The summed E-state index contributed by atoms with van der Waals surface area (Å²) in [5.41, 5.74) is 0. The van der Waals surface area contributed by atoms with Crippen molar-refractivity contribution in [3.8, 4) is 0 Å². The fourth-order valence-corrected chi connectivity index (χ4v) is 3.98. The van der Waals surface area contributed by atoms with Crippen LogP contribution in [-0.2, 0) is 0 Å². The zero-order chi connectivity index (χ0) is 20.4. The van der Waals surface area contributed by atoms with Crippen LogP contribution >= 0.6 is 0 Å². The van der Waals surface area contributed by atoms with E-state index in [1.807, 2.05) is 13.0 Å². The number of aliphatic hydroxyl groups excluding tert-OH is 1. The third-order valence-corrected chi connectivity index (χ3v) is 5.33. The lowest BCUT2D eigenvalue weighted by Crippen LogP contribution is -2.43. The van der Waals surface area contributed by atoms with Crippen LogP contribution in [0.15, 0.2) is 21.5 Å².